The summed E-state index contributed by atoms with van der Waals surface area (Å²) in [6.07, 6.45) is 11.6. The molecule has 1 saturated carbocycles. The molecule has 2 N–H and O–H groups in total. The number of nitrogens with zero attached hydrogens (tertiary/aromatic N) is 2. The molecular weight excluding hydrogens is 230 g/mol. The van der Waals surface area contributed by atoms with E-state index in [0.717, 1.165) is 19.4 Å². The minimum absolute atomic E-state index is 0.680. The average Bonchev–Trinajstić information content (AvgIpc) is 2.74. The molecule has 0 aliphatic heterocycles. The van der Waals surface area contributed by atoms with Crippen LogP contribution in [0.15, 0.2) is 0 Å². The first-order valence-corrected chi connectivity index (χ1v) is 7.74. The van der Waals surface area contributed by atoms with Crippen LogP contribution < -0.4 is 5.73 Å². The van der Waals surface area contributed by atoms with Gasteiger partial charge >= 0.3 is 0 Å². The Labute approximate surface area is 108 Å². The Hall–Kier alpha value is -0.480. The molecule has 96 valence electrons. The van der Waals surface area contributed by atoms with E-state index in [4.69, 9.17) is 5.73 Å². The predicted molar refractivity (Wildman–Crippen MR) is 72.3 cm³/mol. The van der Waals surface area contributed by atoms with E-state index in [0.29, 0.717) is 5.92 Å². The number of aryl methyl sites for hydroxylation is 1. The Balaban J connectivity index is 1.92. The maximum Gasteiger partial charge on any atom is 0.120 e. The van der Waals surface area contributed by atoms with Crippen LogP contribution in [0.25, 0.3) is 0 Å². The number of hydrogen-bond acceptors (Lipinski definition) is 4. The second kappa shape index (κ2) is 7.07. The summed E-state index contributed by atoms with van der Waals surface area (Å²) in [6, 6.07) is 0. The fourth-order valence-corrected chi connectivity index (χ4v) is 3.54. The Kier molecular flexibility index (Phi) is 5.39. The lowest BCUT2D eigenvalue weighted by Gasteiger charge is -2.16. The summed E-state index contributed by atoms with van der Waals surface area (Å²) >= 11 is 1.82. The largest absolute Gasteiger partial charge is 0.330 e. The minimum atomic E-state index is 0.680. The van der Waals surface area contributed by atoms with Crippen molar-refractivity contribution >= 4 is 11.3 Å². The summed E-state index contributed by atoms with van der Waals surface area (Å²) in [6.45, 7) is 0.748. The Bertz CT molecular complexity index is 316. The average molecular weight is 253 g/mol. The van der Waals surface area contributed by atoms with Crippen molar-refractivity contribution in [3.8, 4) is 0 Å². The molecular formula is C13H23N3S. The van der Waals surface area contributed by atoms with Crippen LogP contribution >= 0.6 is 11.3 Å². The number of hydrogen-bond donors (Lipinski definition) is 1. The Morgan fingerprint density at radius 2 is 1.76 bits per heavy atom. The van der Waals surface area contributed by atoms with Crippen molar-refractivity contribution in [2.45, 2.75) is 63.7 Å². The third-order valence-corrected chi connectivity index (χ3v) is 4.68. The van der Waals surface area contributed by atoms with Crippen molar-refractivity contribution in [1.29, 1.82) is 0 Å². The van der Waals surface area contributed by atoms with Crippen LogP contribution in [0, 0.1) is 0 Å². The summed E-state index contributed by atoms with van der Waals surface area (Å²) in [5.74, 6) is 0.680. The summed E-state index contributed by atoms with van der Waals surface area (Å²) in [7, 11) is 0. The van der Waals surface area contributed by atoms with Gasteiger partial charge in [-0.3, -0.25) is 0 Å². The fraction of sp³-hybridized carbons (Fsp3) is 0.846. The van der Waals surface area contributed by atoms with Gasteiger partial charge in [0.1, 0.15) is 10.0 Å². The first-order valence-electron chi connectivity index (χ1n) is 6.92. The quantitative estimate of drug-likeness (QED) is 0.896. The van der Waals surface area contributed by atoms with Crippen LogP contribution in [0.2, 0.25) is 0 Å². The third kappa shape index (κ3) is 4.03. The van der Waals surface area contributed by atoms with Crippen LogP contribution in [-0.2, 0) is 6.42 Å². The molecule has 1 aromatic rings. The van der Waals surface area contributed by atoms with Gasteiger partial charge in [0.2, 0.25) is 0 Å². The smallest absolute Gasteiger partial charge is 0.120 e. The maximum absolute atomic E-state index is 5.52. The van der Waals surface area contributed by atoms with Crippen molar-refractivity contribution in [1.82, 2.24) is 10.2 Å². The van der Waals surface area contributed by atoms with Crippen molar-refractivity contribution in [3.63, 3.8) is 0 Å². The molecule has 0 atom stereocenters. The topological polar surface area (TPSA) is 51.8 Å². The van der Waals surface area contributed by atoms with E-state index in [-0.39, 0.29) is 0 Å². The summed E-state index contributed by atoms with van der Waals surface area (Å²) in [4.78, 5) is 0. The summed E-state index contributed by atoms with van der Waals surface area (Å²) in [5, 5.41) is 11.1. The highest BCUT2D eigenvalue weighted by molar-refractivity contribution is 7.11. The molecule has 0 amide bonds. The molecule has 0 aromatic carbocycles. The lowest BCUT2D eigenvalue weighted by molar-refractivity contribution is 0.453. The van der Waals surface area contributed by atoms with Gasteiger partial charge in [-0.15, -0.1) is 21.5 Å². The Morgan fingerprint density at radius 3 is 2.47 bits per heavy atom. The number of aromatic nitrogens is 2. The molecule has 3 nitrogen and oxygen atoms in total. The highest BCUT2D eigenvalue weighted by Gasteiger charge is 2.17. The van der Waals surface area contributed by atoms with E-state index in [9.17, 15) is 0 Å². The van der Waals surface area contributed by atoms with Crippen molar-refractivity contribution in [3.05, 3.63) is 10.0 Å². The predicted octanol–water partition coefficient (Wildman–Crippen LogP) is 3.26. The molecule has 0 unspecified atom stereocenters. The van der Waals surface area contributed by atoms with Crippen molar-refractivity contribution < 1.29 is 0 Å². The fourth-order valence-electron chi connectivity index (χ4n) is 2.49. The molecule has 1 aliphatic rings. The van der Waals surface area contributed by atoms with E-state index in [1.165, 1.54) is 55.0 Å². The lowest BCUT2D eigenvalue weighted by Crippen LogP contribution is -2.01. The van der Waals surface area contributed by atoms with Gasteiger partial charge in [0.05, 0.1) is 0 Å². The maximum atomic E-state index is 5.52. The Morgan fingerprint density at radius 1 is 1.06 bits per heavy atom. The van der Waals surface area contributed by atoms with Gasteiger partial charge < -0.3 is 5.73 Å². The van der Waals surface area contributed by atoms with Gasteiger partial charge in [-0.05, 0) is 25.8 Å². The van der Waals surface area contributed by atoms with Crippen LogP contribution in [0.5, 0.6) is 0 Å². The van der Waals surface area contributed by atoms with E-state index >= 15 is 0 Å². The normalized spacial score (nSPS) is 18.9. The first kappa shape index (κ1) is 13.0. The van der Waals surface area contributed by atoms with Crippen molar-refractivity contribution in [2.75, 3.05) is 6.54 Å². The molecule has 0 saturated heterocycles. The monoisotopic (exact) mass is 253 g/mol. The van der Waals surface area contributed by atoms with Gasteiger partial charge in [-0.25, -0.2) is 0 Å². The molecule has 0 radical (unpaired) electrons. The summed E-state index contributed by atoms with van der Waals surface area (Å²) < 4.78 is 0. The van der Waals surface area contributed by atoms with Crippen molar-refractivity contribution in [2.24, 2.45) is 5.73 Å². The second-order valence-electron chi connectivity index (χ2n) is 4.97. The van der Waals surface area contributed by atoms with Gasteiger partial charge in [-0.1, -0.05) is 32.1 Å². The van der Waals surface area contributed by atoms with Crippen LogP contribution in [0.1, 0.15) is 67.3 Å². The minimum Gasteiger partial charge on any atom is -0.330 e. The molecule has 1 heterocycles. The molecule has 1 aliphatic carbocycles. The molecule has 17 heavy (non-hydrogen) atoms. The zero-order valence-corrected chi connectivity index (χ0v) is 11.3. The van der Waals surface area contributed by atoms with Gasteiger partial charge in [-0.2, -0.15) is 0 Å². The molecule has 1 aromatic heterocycles. The van der Waals surface area contributed by atoms with Gasteiger partial charge in [0.15, 0.2) is 0 Å². The molecule has 0 spiro atoms. The standard InChI is InChI=1S/C13H23N3S/c14-10-6-9-12-15-16-13(17-12)11-7-4-2-1-3-5-8-11/h11H,1-10,14H2. The van der Waals surface area contributed by atoms with Gasteiger partial charge in [0.25, 0.3) is 0 Å². The second-order valence-corrected chi connectivity index (χ2v) is 6.06. The third-order valence-electron chi connectivity index (χ3n) is 3.53. The first-order chi connectivity index (χ1) is 8.40. The van der Waals surface area contributed by atoms with E-state index in [1.54, 1.807) is 0 Å². The van der Waals surface area contributed by atoms with Gasteiger partial charge in [0, 0.05) is 12.3 Å². The van der Waals surface area contributed by atoms with E-state index in [1.807, 2.05) is 11.3 Å². The molecule has 4 heteroatoms. The number of rotatable bonds is 4. The zero-order valence-electron chi connectivity index (χ0n) is 10.5. The molecule has 0 bridgehead atoms. The molecule has 2 rings (SSSR count). The SMILES string of the molecule is NCCCc1nnc(C2CCCCCCC2)s1. The van der Waals surface area contributed by atoms with Crippen LogP contribution in [0.4, 0.5) is 0 Å². The highest BCUT2D eigenvalue weighted by Crippen LogP contribution is 2.32. The van der Waals surface area contributed by atoms with Crippen LogP contribution in [0.3, 0.4) is 0 Å². The zero-order chi connectivity index (χ0) is 11.9. The van der Waals surface area contributed by atoms with E-state index < -0.39 is 0 Å². The molecule has 1 fully saturated rings. The summed E-state index contributed by atoms with van der Waals surface area (Å²) in [5.41, 5.74) is 5.52. The van der Waals surface area contributed by atoms with E-state index in [2.05, 4.69) is 10.2 Å². The number of nitrogens with two attached hydrogens (primary N) is 1. The lowest BCUT2D eigenvalue weighted by atomic mass is 9.92. The highest BCUT2D eigenvalue weighted by atomic mass is 32.1. The van der Waals surface area contributed by atoms with Crippen LogP contribution in [-0.4, -0.2) is 16.7 Å².